The second-order valence-electron chi connectivity index (χ2n) is 5.31. The van der Waals surface area contributed by atoms with E-state index in [2.05, 4.69) is 5.43 Å². The first-order valence-corrected chi connectivity index (χ1v) is 4.82. The monoisotopic (exact) mass is 202 g/mol. The van der Waals surface area contributed by atoms with Crippen molar-refractivity contribution >= 4 is 5.97 Å². The maximum Gasteiger partial charge on any atom is 0.306 e. The molecule has 0 unspecified atom stereocenters. The first kappa shape index (κ1) is 13.4. The molecule has 0 aliphatic heterocycles. The number of rotatable bonds is 4. The number of carbonyl (C=O) groups excluding carboxylic acids is 1. The van der Waals surface area contributed by atoms with Gasteiger partial charge in [0.1, 0.15) is 5.60 Å². The molecule has 4 heteroatoms. The zero-order chi connectivity index (χ0) is 11.4. The molecular weight excluding hydrogens is 180 g/mol. The molecular formula is C10H22N2O2. The predicted molar refractivity (Wildman–Crippen MR) is 56.4 cm³/mol. The van der Waals surface area contributed by atoms with Gasteiger partial charge in [0.15, 0.2) is 0 Å². The number of nitrogens with two attached hydrogens (primary N) is 1. The van der Waals surface area contributed by atoms with Gasteiger partial charge in [-0.3, -0.25) is 16.1 Å². The normalized spacial score (nSPS) is 12.7. The van der Waals surface area contributed by atoms with Gasteiger partial charge in [0.25, 0.3) is 0 Å². The number of hydrogen-bond donors (Lipinski definition) is 2. The smallest absolute Gasteiger partial charge is 0.306 e. The molecule has 0 atom stereocenters. The van der Waals surface area contributed by atoms with Crippen LogP contribution in [0.25, 0.3) is 0 Å². The van der Waals surface area contributed by atoms with Gasteiger partial charge in [0, 0.05) is 6.54 Å². The molecule has 0 saturated carbocycles. The molecule has 3 N–H and O–H groups in total. The molecule has 0 radical (unpaired) electrons. The van der Waals surface area contributed by atoms with Crippen LogP contribution >= 0.6 is 0 Å². The van der Waals surface area contributed by atoms with Gasteiger partial charge < -0.3 is 4.74 Å². The first-order valence-electron chi connectivity index (χ1n) is 4.82. The quantitative estimate of drug-likeness (QED) is 0.408. The topological polar surface area (TPSA) is 64.3 Å². The van der Waals surface area contributed by atoms with Crippen molar-refractivity contribution in [1.29, 1.82) is 0 Å². The molecule has 0 heterocycles. The third kappa shape index (κ3) is 6.86. The van der Waals surface area contributed by atoms with Crippen LogP contribution in [0.5, 0.6) is 0 Å². The SMILES string of the molecule is CC(C)(CNN)CC(=O)OC(C)(C)C. The summed E-state index contributed by atoms with van der Waals surface area (Å²) in [5.41, 5.74) is 1.99. The lowest BCUT2D eigenvalue weighted by molar-refractivity contribution is -0.157. The lowest BCUT2D eigenvalue weighted by Gasteiger charge is -2.26. The van der Waals surface area contributed by atoms with Crippen LogP contribution in [0, 0.1) is 5.41 Å². The van der Waals surface area contributed by atoms with Crippen LogP contribution in [-0.4, -0.2) is 18.1 Å². The summed E-state index contributed by atoms with van der Waals surface area (Å²) in [6.07, 6.45) is 0.370. The van der Waals surface area contributed by atoms with E-state index in [-0.39, 0.29) is 11.4 Å². The fraction of sp³-hybridized carbons (Fsp3) is 0.900. The minimum Gasteiger partial charge on any atom is -0.460 e. The van der Waals surface area contributed by atoms with Crippen molar-refractivity contribution in [3.63, 3.8) is 0 Å². The number of esters is 1. The molecule has 0 aromatic heterocycles. The van der Waals surface area contributed by atoms with E-state index in [1.165, 1.54) is 0 Å². The van der Waals surface area contributed by atoms with E-state index in [1.807, 2.05) is 34.6 Å². The lowest BCUT2D eigenvalue weighted by Crippen LogP contribution is -2.36. The van der Waals surface area contributed by atoms with E-state index in [9.17, 15) is 4.79 Å². The van der Waals surface area contributed by atoms with E-state index in [0.29, 0.717) is 13.0 Å². The van der Waals surface area contributed by atoms with Gasteiger partial charge in [-0.15, -0.1) is 0 Å². The highest BCUT2D eigenvalue weighted by Crippen LogP contribution is 2.21. The summed E-state index contributed by atoms with van der Waals surface area (Å²) < 4.78 is 5.21. The molecule has 0 amide bonds. The average molecular weight is 202 g/mol. The van der Waals surface area contributed by atoms with Crippen molar-refractivity contribution in [3.05, 3.63) is 0 Å². The second-order valence-corrected chi connectivity index (χ2v) is 5.31. The van der Waals surface area contributed by atoms with Gasteiger partial charge >= 0.3 is 5.97 Å². The highest BCUT2D eigenvalue weighted by molar-refractivity contribution is 5.70. The van der Waals surface area contributed by atoms with Crippen molar-refractivity contribution < 1.29 is 9.53 Å². The van der Waals surface area contributed by atoms with E-state index in [0.717, 1.165) is 0 Å². The van der Waals surface area contributed by atoms with Crippen LogP contribution in [0.15, 0.2) is 0 Å². The zero-order valence-electron chi connectivity index (χ0n) is 9.81. The summed E-state index contributed by atoms with van der Waals surface area (Å²) in [6.45, 7) is 10.1. The number of carbonyl (C=O) groups is 1. The second kappa shape index (κ2) is 4.75. The summed E-state index contributed by atoms with van der Waals surface area (Å²) in [6, 6.07) is 0. The van der Waals surface area contributed by atoms with Crippen LogP contribution < -0.4 is 11.3 Å². The molecule has 0 aliphatic carbocycles. The molecule has 84 valence electrons. The Balaban J connectivity index is 4.06. The average Bonchev–Trinajstić information content (AvgIpc) is 1.78. The zero-order valence-corrected chi connectivity index (χ0v) is 9.81. The Morgan fingerprint density at radius 2 is 1.79 bits per heavy atom. The van der Waals surface area contributed by atoms with E-state index < -0.39 is 5.60 Å². The van der Waals surface area contributed by atoms with Gasteiger partial charge in [0.05, 0.1) is 6.42 Å². The van der Waals surface area contributed by atoms with Crippen molar-refractivity contribution in [2.45, 2.75) is 46.6 Å². The summed E-state index contributed by atoms with van der Waals surface area (Å²) in [5, 5.41) is 0. The summed E-state index contributed by atoms with van der Waals surface area (Å²) in [5.74, 6) is 5.03. The Morgan fingerprint density at radius 3 is 2.14 bits per heavy atom. The third-order valence-electron chi connectivity index (χ3n) is 1.62. The molecule has 0 aromatic rings. The Hall–Kier alpha value is -0.610. The summed E-state index contributed by atoms with van der Waals surface area (Å²) in [7, 11) is 0. The predicted octanol–water partition coefficient (Wildman–Crippen LogP) is 1.21. The third-order valence-corrected chi connectivity index (χ3v) is 1.62. The van der Waals surface area contributed by atoms with Crippen LogP contribution in [0.2, 0.25) is 0 Å². The Kier molecular flexibility index (Phi) is 4.55. The minimum atomic E-state index is -0.413. The minimum absolute atomic E-state index is 0.170. The Bertz CT molecular complexity index is 195. The van der Waals surface area contributed by atoms with Gasteiger partial charge in [-0.1, -0.05) is 13.8 Å². The van der Waals surface area contributed by atoms with Gasteiger partial charge in [-0.2, -0.15) is 0 Å². The highest BCUT2D eigenvalue weighted by atomic mass is 16.6. The van der Waals surface area contributed by atoms with Gasteiger partial charge in [0.2, 0.25) is 0 Å². The van der Waals surface area contributed by atoms with Crippen molar-refractivity contribution in [1.82, 2.24) is 5.43 Å². The molecule has 0 rings (SSSR count). The number of ether oxygens (including phenoxy) is 1. The number of hydrazine groups is 1. The van der Waals surface area contributed by atoms with E-state index in [1.54, 1.807) is 0 Å². The first-order chi connectivity index (χ1) is 6.16. The molecule has 0 saturated heterocycles. The van der Waals surface area contributed by atoms with Gasteiger partial charge in [-0.25, -0.2) is 0 Å². The maximum absolute atomic E-state index is 11.5. The van der Waals surface area contributed by atoms with Crippen molar-refractivity contribution in [3.8, 4) is 0 Å². The van der Waals surface area contributed by atoms with Crippen molar-refractivity contribution in [2.24, 2.45) is 11.3 Å². The molecule has 14 heavy (non-hydrogen) atoms. The van der Waals surface area contributed by atoms with Crippen LogP contribution in [0.3, 0.4) is 0 Å². The molecule has 0 fully saturated rings. The lowest BCUT2D eigenvalue weighted by atomic mass is 9.89. The van der Waals surface area contributed by atoms with Crippen molar-refractivity contribution in [2.75, 3.05) is 6.54 Å². The fourth-order valence-corrected chi connectivity index (χ4v) is 1.11. The molecule has 4 nitrogen and oxygen atoms in total. The van der Waals surface area contributed by atoms with E-state index >= 15 is 0 Å². The number of nitrogens with one attached hydrogen (secondary N) is 1. The molecule has 0 spiro atoms. The summed E-state index contributed by atoms with van der Waals surface area (Å²) >= 11 is 0. The molecule has 0 bridgehead atoms. The fourth-order valence-electron chi connectivity index (χ4n) is 1.11. The Labute approximate surface area is 86.2 Å². The van der Waals surface area contributed by atoms with E-state index in [4.69, 9.17) is 10.6 Å². The largest absolute Gasteiger partial charge is 0.460 e. The van der Waals surface area contributed by atoms with Crippen LogP contribution in [0.4, 0.5) is 0 Å². The molecule has 0 aliphatic rings. The Morgan fingerprint density at radius 1 is 1.29 bits per heavy atom. The highest BCUT2D eigenvalue weighted by Gasteiger charge is 2.25. The van der Waals surface area contributed by atoms with Crippen LogP contribution in [0.1, 0.15) is 41.0 Å². The standard InChI is InChI=1S/C10H22N2O2/c1-9(2,3)14-8(13)6-10(4,5)7-12-11/h12H,6-7,11H2,1-5H3. The number of hydrogen-bond acceptors (Lipinski definition) is 4. The molecule has 0 aromatic carbocycles. The maximum atomic E-state index is 11.5. The van der Waals surface area contributed by atoms with Gasteiger partial charge in [-0.05, 0) is 26.2 Å². The van der Waals surface area contributed by atoms with Crippen LogP contribution in [-0.2, 0) is 9.53 Å². The summed E-state index contributed by atoms with van der Waals surface area (Å²) in [4.78, 5) is 11.5.